The van der Waals surface area contributed by atoms with Crippen LogP contribution in [0.2, 0.25) is 0 Å². The van der Waals surface area contributed by atoms with Crippen LogP contribution in [-0.4, -0.2) is 16.5 Å². The maximum atomic E-state index is 5.92. The van der Waals surface area contributed by atoms with E-state index >= 15 is 0 Å². The molecule has 0 unspecified atom stereocenters. The second-order valence-electron chi connectivity index (χ2n) is 4.75. The molecule has 3 rings (SSSR count). The van der Waals surface area contributed by atoms with Gasteiger partial charge in [0.15, 0.2) is 11.4 Å². The first-order valence-electron chi connectivity index (χ1n) is 6.55. The largest absolute Gasteiger partial charge is 0.493 e. The van der Waals surface area contributed by atoms with Gasteiger partial charge >= 0.3 is 0 Å². The van der Waals surface area contributed by atoms with Crippen molar-refractivity contribution in [1.29, 1.82) is 0 Å². The Labute approximate surface area is 117 Å². The standard InChI is InChI=1S/C16H17N3O/c1-11-5-7-12(8-6-11)15-13(10-17)19-9-3-4-14(20-2)16(19)18-15/h3-9H,10,17H2,1-2H3. The number of methoxy groups -OCH3 is 1. The van der Waals surface area contributed by atoms with E-state index in [1.54, 1.807) is 7.11 Å². The average molecular weight is 267 g/mol. The summed E-state index contributed by atoms with van der Waals surface area (Å²) < 4.78 is 7.37. The van der Waals surface area contributed by atoms with Gasteiger partial charge in [-0.15, -0.1) is 0 Å². The van der Waals surface area contributed by atoms with Crippen molar-refractivity contribution in [1.82, 2.24) is 9.38 Å². The van der Waals surface area contributed by atoms with Crippen LogP contribution in [0.4, 0.5) is 0 Å². The van der Waals surface area contributed by atoms with E-state index in [0.29, 0.717) is 6.54 Å². The van der Waals surface area contributed by atoms with Crippen LogP contribution in [0.1, 0.15) is 11.3 Å². The van der Waals surface area contributed by atoms with Gasteiger partial charge in [-0.2, -0.15) is 0 Å². The molecule has 2 N–H and O–H groups in total. The third kappa shape index (κ3) is 1.94. The zero-order chi connectivity index (χ0) is 14.1. The van der Waals surface area contributed by atoms with Crippen LogP contribution in [-0.2, 0) is 6.54 Å². The zero-order valence-corrected chi connectivity index (χ0v) is 11.6. The molecule has 2 aromatic heterocycles. The molecule has 4 nitrogen and oxygen atoms in total. The molecule has 2 heterocycles. The highest BCUT2D eigenvalue weighted by Crippen LogP contribution is 2.28. The van der Waals surface area contributed by atoms with Crippen molar-refractivity contribution < 1.29 is 4.74 Å². The van der Waals surface area contributed by atoms with E-state index in [-0.39, 0.29) is 0 Å². The molecule has 0 saturated carbocycles. The molecule has 20 heavy (non-hydrogen) atoms. The summed E-state index contributed by atoms with van der Waals surface area (Å²) in [5.41, 5.74) is 10.9. The monoisotopic (exact) mass is 267 g/mol. The zero-order valence-electron chi connectivity index (χ0n) is 11.6. The van der Waals surface area contributed by atoms with Crippen LogP contribution >= 0.6 is 0 Å². The minimum absolute atomic E-state index is 0.428. The molecular weight excluding hydrogens is 250 g/mol. The lowest BCUT2D eigenvalue weighted by Gasteiger charge is -2.04. The lowest BCUT2D eigenvalue weighted by atomic mass is 10.1. The second kappa shape index (κ2) is 4.98. The van der Waals surface area contributed by atoms with Crippen LogP contribution in [0.25, 0.3) is 16.9 Å². The Hall–Kier alpha value is -2.33. The van der Waals surface area contributed by atoms with E-state index in [1.807, 2.05) is 22.7 Å². The Kier molecular flexibility index (Phi) is 3.16. The van der Waals surface area contributed by atoms with Crippen molar-refractivity contribution in [2.45, 2.75) is 13.5 Å². The summed E-state index contributed by atoms with van der Waals surface area (Å²) in [6.45, 7) is 2.50. The number of nitrogens with two attached hydrogens (primary N) is 1. The SMILES string of the molecule is COc1cccn2c(CN)c(-c3ccc(C)cc3)nc12. The number of pyridine rings is 1. The van der Waals surface area contributed by atoms with Crippen molar-refractivity contribution in [3.8, 4) is 17.0 Å². The third-order valence-electron chi connectivity index (χ3n) is 3.45. The average Bonchev–Trinajstić information content (AvgIpc) is 2.86. The Morgan fingerprint density at radius 1 is 1.20 bits per heavy atom. The number of aromatic nitrogens is 2. The molecular formula is C16H17N3O. The number of fused-ring (bicyclic) bond motifs is 1. The number of rotatable bonds is 3. The molecule has 0 amide bonds. The van der Waals surface area contributed by atoms with Gasteiger partial charge in [0.25, 0.3) is 0 Å². The van der Waals surface area contributed by atoms with E-state index < -0.39 is 0 Å². The molecule has 1 aromatic carbocycles. The summed E-state index contributed by atoms with van der Waals surface area (Å²) in [6.07, 6.45) is 1.96. The Bertz CT molecular complexity index is 744. The fourth-order valence-electron chi connectivity index (χ4n) is 2.39. The summed E-state index contributed by atoms with van der Waals surface area (Å²) in [5.74, 6) is 0.751. The molecule has 0 aliphatic rings. The van der Waals surface area contributed by atoms with Crippen molar-refractivity contribution in [3.63, 3.8) is 0 Å². The first kappa shape index (κ1) is 12.7. The summed E-state index contributed by atoms with van der Waals surface area (Å²) in [4.78, 5) is 4.71. The predicted octanol–water partition coefficient (Wildman–Crippen LogP) is 2.78. The minimum atomic E-state index is 0.428. The summed E-state index contributed by atoms with van der Waals surface area (Å²) in [6, 6.07) is 12.1. The van der Waals surface area contributed by atoms with Gasteiger partial charge in [0.2, 0.25) is 0 Å². The predicted molar refractivity (Wildman–Crippen MR) is 79.8 cm³/mol. The molecule has 0 aliphatic heterocycles. The summed E-state index contributed by atoms with van der Waals surface area (Å²) in [7, 11) is 1.65. The Morgan fingerprint density at radius 2 is 1.95 bits per heavy atom. The molecule has 0 fully saturated rings. The first-order chi connectivity index (χ1) is 9.74. The number of aryl methyl sites for hydroxylation is 1. The van der Waals surface area contributed by atoms with E-state index in [4.69, 9.17) is 15.5 Å². The van der Waals surface area contributed by atoms with Gasteiger partial charge < -0.3 is 10.5 Å². The molecule has 0 bridgehead atoms. The molecule has 102 valence electrons. The van der Waals surface area contributed by atoms with E-state index in [2.05, 4.69) is 31.2 Å². The van der Waals surface area contributed by atoms with E-state index in [0.717, 1.165) is 28.3 Å². The highest BCUT2D eigenvalue weighted by Gasteiger charge is 2.15. The number of benzene rings is 1. The lowest BCUT2D eigenvalue weighted by Crippen LogP contribution is -2.02. The van der Waals surface area contributed by atoms with Crippen molar-refractivity contribution >= 4 is 5.65 Å². The van der Waals surface area contributed by atoms with Gasteiger partial charge in [-0.3, -0.25) is 4.40 Å². The minimum Gasteiger partial charge on any atom is -0.493 e. The topological polar surface area (TPSA) is 52.5 Å². The number of ether oxygens (including phenoxy) is 1. The smallest absolute Gasteiger partial charge is 0.180 e. The molecule has 0 atom stereocenters. The van der Waals surface area contributed by atoms with Gasteiger partial charge in [0.1, 0.15) is 0 Å². The van der Waals surface area contributed by atoms with Gasteiger partial charge in [-0.1, -0.05) is 29.8 Å². The van der Waals surface area contributed by atoms with E-state index in [9.17, 15) is 0 Å². The fourth-order valence-corrected chi connectivity index (χ4v) is 2.39. The molecule has 0 radical (unpaired) electrons. The number of hydrogen-bond donors (Lipinski definition) is 1. The maximum Gasteiger partial charge on any atom is 0.180 e. The molecule has 3 aromatic rings. The number of hydrogen-bond acceptors (Lipinski definition) is 3. The van der Waals surface area contributed by atoms with Gasteiger partial charge in [0.05, 0.1) is 18.5 Å². The van der Waals surface area contributed by atoms with Crippen LogP contribution in [0.15, 0.2) is 42.6 Å². The highest BCUT2D eigenvalue weighted by atomic mass is 16.5. The van der Waals surface area contributed by atoms with Gasteiger partial charge in [0, 0.05) is 18.3 Å². The maximum absolute atomic E-state index is 5.92. The molecule has 0 saturated heterocycles. The molecule has 0 aliphatic carbocycles. The first-order valence-corrected chi connectivity index (χ1v) is 6.55. The molecule has 0 spiro atoms. The van der Waals surface area contributed by atoms with Gasteiger partial charge in [-0.05, 0) is 19.1 Å². The highest BCUT2D eigenvalue weighted by molar-refractivity contribution is 5.69. The normalized spacial score (nSPS) is 10.9. The molecule has 4 heteroatoms. The summed E-state index contributed by atoms with van der Waals surface area (Å²) >= 11 is 0. The lowest BCUT2D eigenvalue weighted by molar-refractivity contribution is 0.417. The van der Waals surface area contributed by atoms with E-state index in [1.165, 1.54) is 5.56 Å². The van der Waals surface area contributed by atoms with Crippen LogP contribution in [0.5, 0.6) is 5.75 Å². The Morgan fingerprint density at radius 3 is 2.60 bits per heavy atom. The quantitative estimate of drug-likeness (QED) is 0.794. The fraction of sp³-hybridized carbons (Fsp3) is 0.188. The van der Waals surface area contributed by atoms with Crippen molar-refractivity contribution in [2.24, 2.45) is 5.73 Å². The van der Waals surface area contributed by atoms with Crippen molar-refractivity contribution in [3.05, 3.63) is 53.9 Å². The third-order valence-corrected chi connectivity index (χ3v) is 3.45. The van der Waals surface area contributed by atoms with Crippen LogP contribution in [0.3, 0.4) is 0 Å². The second-order valence-corrected chi connectivity index (χ2v) is 4.75. The number of nitrogens with zero attached hydrogens (tertiary/aromatic N) is 2. The van der Waals surface area contributed by atoms with Crippen LogP contribution in [0, 0.1) is 6.92 Å². The van der Waals surface area contributed by atoms with Crippen molar-refractivity contribution in [2.75, 3.05) is 7.11 Å². The van der Waals surface area contributed by atoms with Crippen LogP contribution < -0.4 is 10.5 Å². The van der Waals surface area contributed by atoms with Gasteiger partial charge in [-0.25, -0.2) is 4.98 Å². The number of imidazole rings is 1. The summed E-state index contributed by atoms with van der Waals surface area (Å²) in [5, 5.41) is 0. The Balaban J connectivity index is 2.27.